The molecule has 7 nitrogen and oxygen atoms in total. The molecule has 0 spiro atoms. The molecule has 0 N–H and O–H groups in total. The first kappa shape index (κ1) is 18.4. The second-order valence-corrected chi connectivity index (χ2v) is 6.95. The van der Waals surface area contributed by atoms with Crippen molar-refractivity contribution in [3.8, 4) is 0 Å². The normalized spacial score (nSPS) is 23.7. The van der Waals surface area contributed by atoms with E-state index in [1.807, 2.05) is 4.90 Å². The zero-order valence-electron chi connectivity index (χ0n) is 14.1. The molecular formula is C15H22F2N4O3S. The number of likely N-dealkylation sites (tertiary alicyclic amines) is 1. The molecule has 2 saturated heterocycles. The lowest BCUT2D eigenvalue weighted by molar-refractivity contribution is -0.150. The van der Waals surface area contributed by atoms with Crippen LogP contribution in [0.2, 0.25) is 0 Å². The van der Waals surface area contributed by atoms with E-state index >= 15 is 0 Å². The monoisotopic (exact) mass is 376 g/mol. The van der Waals surface area contributed by atoms with Gasteiger partial charge in [0.25, 0.3) is 11.8 Å². The smallest absolute Gasteiger partial charge is 0.253 e. The summed E-state index contributed by atoms with van der Waals surface area (Å²) in [6, 6.07) is 0. The molecule has 1 aromatic heterocycles. The van der Waals surface area contributed by atoms with Crippen LogP contribution in [0.3, 0.4) is 0 Å². The Morgan fingerprint density at radius 2 is 2.16 bits per heavy atom. The first-order valence-electron chi connectivity index (χ1n) is 8.33. The van der Waals surface area contributed by atoms with Crippen molar-refractivity contribution >= 4 is 22.6 Å². The summed E-state index contributed by atoms with van der Waals surface area (Å²) in [6.07, 6.45) is -0.573. The van der Waals surface area contributed by atoms with Gasteiger partial charge >= 0.3 is 0 Å². The zero-order valence-corrected chi connectivity index (χ0v) is 14.9. The van der Waals surface area contributed by atoms with Crippen LogP contribution in [0.15, 0.2) is 0 Å². The molecule has 0 bridgehead atoms. The van der Waals surface area contributed by atoms with Crippen LogP contribution < -0.4 is 4.90 Å². The summed E-state index contributed by atoms with van der Waals surface area (Å²) < 4.78 is 41.4. The molecule has 2 aliphatic heterocycles. The predicted molar refractivity (Wildman–Crippen MR) is 88.2 cm³/mol. The quantitative estimate of drug-likeness (QED) is 0.769. The Hall–Kier alpha value is -1.39. The highest BCUT2D eigenvalue weighted by molar-refractivity contribution is 7.09. The van der Waals surface area contributed by atoms with Gasteiger partial charge in [0.1, 0.15) is 5.82 Å². The Bertz CT molecular complexity index is 591. The number of rotatable bonds is 5. The average molecular weight is 376 g/mol. The highest BCUT2D eigenvalue weighted by Gasteiger charge is 2.38. The minimum atomic E-state index is -2.67. The number of hydrogen-bond acceptors (Lipinski definition) is 7. The molecule has 140 valence electrons. The molecule has 0 aromatic carbocycles. The SMILES string of the molecule is COCCc1nsc(N2CCOC(C(=O)N3CCC(F)(F)CC3)C2)n1. The van der Waals surface area contributed by atoms with Gasteiger partial charge in [0.2, 0.25) is 5.13 Å². The summed E-state index contributed by atoms with van der Waals surface area (Å²) in [6.45, 7) is 2.09. The molecule has 25 heavy (non-hydrogen) atoms. The molecule has 1 atom stereocenters. The third-order valence-electron chi connectivity index (χ3n) is 4.41. The van der Waals surface area contributed by atoms with Gasteiger partial charge in [-0.3, -0.25) is 4.79 Å². The number of aromatic nitrogens is 2. The van der Waals surface area contributed by atoms with Gasteiger partial charge in [-0.05, 0) is 0 Å². The fourth-order valence-corrected chi connectivity index (χ4v) is 3.65. The number of methoxy groups -OCH3 is 1. The van der Waals surface area contributed by atoms with Crippen LogP contribution in [0, 0.1) is 0 Å². The molecule has 0 aliphatic carbocycles. The average Bonchev–Trinajstić information content (AvgIpc) is 3.08. The largest absolute Gasteiger partial charge is 0.384 e. The highest BCUT2D eigenvalue weighted by atomic mass is 32.1. The van der Waals surface area contributed by atoms with Crippen LogP contribution in [0.4, 0.5) is 13.9 Å². The number of morpholine rings is 1. The summed E-state index contributed by atoms with van der Waals surface area (Å²) in [5, 5.41) is 0.748. The molecule has 0 saturated carbocycles. The summed E-state index contributed by atoms with van der Waals surface area (Å²) in [5.74, 6) is -2.17. The number of nitrogens with zero attached hydrogens (tertiary/aromatic N) is 4. The Balaban J connectivity index is 1.57. The number of hydrogen-bond donors (Lipinski definition) is 0. The fraction of sp³-hybridized carbons (Fsp3) is 0.800. The number of amides is 1. The minimum absolute atomic E-state index is 0.0751. The van der Waals surface area contributed by atoms with Gasteiger partial charge in [-0.15, -0.1) is 0 Å². The fourth-order valence-electron chi connectivity index (χ4n) is 2.90. The number of carbonyl (C=O) groups excluding carboxylic acids is 1. The molecule has 10 heteroatoms. The van der Waals surface area contributed by atoms with E-state index in [4.69, 9.17) is 9.47 Å². The lowest BCUT2D eigenvalue weighted by Gasteiger charge is -2.37. The minimum Gasteiger partial charge on any atom is -0.384 e. The van der Waals surface area contributed by atoms with E-state index < -0.39 is 12.0 Å². The van der Waals surface area contributed by atoms with Crippen molar-refractivity contribution in [1.82, 2.24) is 14.3 Å². The van der Waals surface area contributed by atoms with Crippen LogP contribution in [-0.4, -0.2) is 78.7 Å². The second-order valence-electron chi connectivity index (χ2n) is 6.22. The molecule has 2 aliphatic rings. The zero-order chi connectivity index (χ0) is 17.9. The van der Waals surface area contributed by atoms with Gasteiger partial charge in [-0.1, -0.05) is 0 Å². The second kappa shape index (κ2) is 7.88. The molecule has 3 heterocycles. The predicted octanol–water partition coefficient (Wildman–Crippen LogP) is 1.19. The number of piperidine rings is 1. The third-order valence-corrected chi connectivity index (χ3v) is 5.22. The van der Waals surface area contributed by atoms with Crippen LogP contribution in [0.1, 0.15) is 18.7 Å². The Morgan fingerprint density at radius 1 is 1.40 bits per heavy atom. The van der Waals surface area contributed by atoms with Gasteiger partial charge in [0, 0.05) is 57.5 Å². The topological polar surface area (TPSA) is 67.8 Å². The van der Waals surface area contributed by atoms with Gasteiger partial charge in [0.05, 0.1) is 19.8 Å². The lowest BCUT2D eigenvalue weighted by atomic mass is 10.1. The Labute approximate surface area is 149 Å². The molecule has 2 fully saturated rings. The van der Waals surface area contributed by atoms with E-state index in [0.29, 0.717) is 32.7 Å². The molecule has 1 aromatic rings. The molecule has 3 rings (SSSR count). The van der Waals surface area contributed by atoms with E-state index in [1.165, 1.54) is 16.4 Å². The van der Waals surface area contributed by atoms with Crippen LogP contribution in [0.5, 0.6) is 0 Å². The summed E-state index contributed by atoms with van der Waals surface area (Å²) in [5.41, 5.74) is 0. The number of carbonyl (C=O) groups is 1. The van der Waals surface area contributed by atoms with Crippen molar-refractivity contribution in [3.05, 3.63) is 5.82 Å². The number of alkyl halides is 2. The Morgan fingerprint density at radius 3 is 2.88 bits per heavy atom. The number of anilines is 1. The number of ether oxygens (including phenoxy) is 2. The maximum Gasteiger partial charge on any atom is 0.253 e. The van der Waals surface area contributed by atoms with Crippen molar-refractivity contribution in [2.24, 2.45) is 0 Å². The first-order valence-corrected chi connectivity index (χ1v) is 9.10. The summed E-state index contributed by atoms with van der Waals surface area (Å²) in [7, 11) is 1.63. The van der Waals surface area contributed by atoms with E-state index in [2.05, 4.69) is 9.36 Å². The van der Waals surface area contributed by atoms with E-state index in [-0.39, 0.29) is 31.8 Å². The van der Waals surface area contributed by atoms with Gasteiger partial charge in [-0.25, -0.2) is 13.8 Å². The van der Waals surface area contributed by atoms with Crippen molar-refractivity contribution in [2.45, 2.75) is 31.3 Å². The van der Waals surface area contributed by atoms with Crippen LogP contribution in [-0.2, 0) is 20.7 Å². The van der Waals surface area contributed by atoms with Crippen molar-refractivity contribution < 1.29 is 23.0 Å². The number of halogens is 2. The third kappa shape index (κ3) is 4.62. The van der Waals surface area contributed by atoms with E-state index in [1.54, 1.807) is 7.11 Å². The van der Waals surface area contributed by atoms with Gasteiger partial charge < -0.3 is 19.3 Å². The molecule has 1 amide bonds. The highest BCUT2D eigenvalue weighted by Crippen LogP contribution is 2.28. The van der Waals surface area contributed by atoms with Gasteiger partial charge in [-0.2, -0.15) is 4.37 Å². The van der Waals surface area contributed by atoms with Gasteiger partial charge in [0.15, 0.2) is 6.10 Å². The van der Waals surface area contributed by atoms with Crippen molar-refractivity contribution in [2.75, 3.05) is 51.4 Å². The molecular weight excluding hydrogens is 354 g/mol. The van der Waals surface area contributed by atoms with Crippen molar-refractivity contribution in [1.29, 1.82) is 0 Å². The molecule has 1 unspecified atom stereocenters. The lowest BCUT2D eigenvalue weighted by Crippen LogP contribution is -2.53. The first-order chi connectivity index (χ1) is 12.0. The Kier molecular flexibility index (Phi) is 5.80. The molecule has 0 radical (unpaired) electrons. The van der Waals surface area contributed by atoms with E-state index in [9.17, 15) is 13.6 Å². The van der Waals surface area contributed by atoms with Crippen LogP contribution >= 0.6 is 11.5 Å². The summed E-state index contributed by atoms with van der Waals surface area (Å²) in [4.78, 5) is 20.5. The summed E-state index contributed by atoms with van der Waals surface area (Å²) >= 11 is 1.29. The van der Waals surface area contributed by atoms with Crippen LogP contribution in [0.25, 0.3) is 0 Å². The van der Waals surface area contributed by atoms with E-state index in [0.717, 1.165) is 11.0 Å². The van der Waals surface area contributed by atoms with Crippen molar-refractivity contribution in [3.63, 3.8) is 0 Å². The maximum atomic E-state index is 13.3. The maximum absolute atomic E-state index is 13.3. The standard InChI is InChI=1S/C15H22F2N4O3S/c1-23-8-2-12-18-14(25-19-12)21-7-9-24-11(10-21)13(22)20-5-3-15(16,17)4-6-20/h11H,2-10H2,1H3.